The average Bonchev–Trinajstić information content (AvgIpc) is 2.88. The summed E-state index contributed by atoms with van der Waals surface area (Å²) in [5.41, 5.74) is 4.36. The van der Waals surface area contributed by atoms with Gasteiger partial charge in [-0.1, -0.05) is 12.1 Å². The number of aromatic carboxylic acids is 1. The van der Waals surface area contributed by atoms with Crippen molar-refractivity contribution in [1.29, 1.82) is 0 Å². The Hall–Kier alpha value is -4.73. The number of carbonyl (C=O) groups is 5. The molecule has 13 nitrogen and oxygen atoms in total. The highest BCUT2D eigenvalue weighted by Crippen LogP contribution is 2.31. The molecule has 1 fully saturated rings. The van der Waals surface area contributed by atoms with Gasteiger partial charge in [-0.25, -0.2) is 18.4 Å². The first-order chi connectivity index (χ1) is 18.9. The number of likely N-dealkylation sites (N-methyl/N-ethyl adjacent to an activating group) is 1. The minimum absolute atomic E-state index is 0.0132. The number of nitrogen functional groups attached to an aromatic ring is 1. The van der Waals surface area contributed by atoms with E-state index in [9.17, 15) is 42.9 Å². The van der Waals surface area contributed by atoms with E-state index >= 15 is 0 Å². The van der Waals surface area contributed by atoms with Gasteiger partial charge in [0.2, 0.25) is 5.91 Å². The predicted octanol–water partition coefficient (Wildman–Crippen LogP) is -0.174. The maximum atomic E-state index is 14.9. The van der Waals surface area contributed by atoms with Crippen LogP contribution in [0.15, 0.2) is 30.3 Å². The molecule has 2 aromatic rings. The van der Waals surface area contributed by atoms with Crippen molar-refractivity contribution in [2.24, 2.45) is 0 Å². The van der Waals surface area contributed by atoms with Crippen LogP contribution in [0.1, 0.15) is 34.5 Å². The van der Waals surface area contributed by atoms with Gasteiger partial charge in [-0.2, -0.15) is 0 Å². The van der Waals surface area contributed by atoms with Gasteiger partial charge in [0.1, 0.15) is 23.4 Å². The molecule has 2 aliphatic heterocycles. The maximum Gasteiger partial charge on any atom is 0.547 e. The molecule has 1 saturated heterocycles. The number of fused-ring (bicyclic) bond motifs is 1. The Morgan fingerprint density at radius 1 is 1.18 bits per heavy atom. The van der Waals surface area contributed by atoms with E-state index in [4.69, 9.17) is 10.4 Å². The van der Waals surface area contributed by atoms with E-state index in [1.54, 1.807) is 6.92 Å². The van der Waals surface area contributed by atoms with Gasteiger partial charge in [0.05, 0.1) is 17.1 Å². The highest BCUT2D eigenvalue weighted by atomic mass is 19.1. The molecule has 16 heteroatoms. The Bertz CT molecular complexity index is 1390. The van der Waals surface area contributed by atoms with Gasteiger partial charge in [0.25, 0.3) is 0 Å². The number of hydrogen-bond acceptors (Lipinski definition) is 8. The van der Waals surface area contributed by atoms with Crippen LogP contribution in [0.25, 0.3) is 0 Å². The summed E-state index contributed by atoms with van der Waals surface area (Å²) in [6.07, 6.45) is -0.136. The second-order valence-corrected chi connectivity index (χ2v) is 9.05. The number of nitrogens with two attached hydrogens (primary N) is 1. The lowest BCUT2D eigenvalue weighted by Crippen LogP contribution is -2.60. The van der Waals surface area contributed by atoms with Crippen molar-refractivity contribution in [3.05, 3.63) is 58.7 Å². The molecule has 210 valence electrons. The lowest BCUT2D eigenvalue weighted by molar-refractivity contribution is -0.153. The number of para-hydroxylation sites is 1. The molecule has 0 spiro atoms. The van der Waals surface area contributed by atoms with Gasteiger partial charge < -0.3 is 36.1 Å². The fourth-order valence-electron chi connectivity index (χ4n) is 4.50. The van der Waals surface area contributed by atoms with Crippen LogP contribution >= 0.6 is 0 Å². The van der Waals surface area contributed by atoms with Crippen LogP contribution in [0.2, 0.25) is 0 Å². The minimum atomic E-state index is -2.08. The molecule has 5 amide bonds. The number of rotatable bonds is 6. The van der Waals surface area contributed by atoms with Crippen LogP contribution in [0.5, 0.6) is 5.75 Å². The van der Waals surface area contributed by atoms with E-state index in [-0.39, 0.29) is 43.1 Å². The van der Waals surface area contributed by atoms with Crippen molar-refractivity contribution in [2.75, 3.05) is 25.4 Å². The lowest BCUT2D eigenvalue weighted by Gasteiger charge is -2.33. The summed E-state index contributed by atoms with van der Waals surface area (Å²) in [6, 6.07) is 2.30. The number of carboxylic acids is 1. The zero-order valence-corrected chi connectivity index (χ0v) is 21.0. The Balaban J connectivity index is 1.62. The molecule has 2 aromatic carbocycles. The van der Waals surface area contributed by atoms with Crippen LogP contribution in [0.4, 0.5) is 19.3 Å². The number of piperazine rings is 1. The average molecular weight is 559 g/mol. The molecule has 1 unspecified atom stereocenters. The van der Waals surface area contributed by atoms with Crippen LogP contribution in [-0.4, -0.2) is 82.3 Å². The van der Waals surface area contributed by atoms with Gasteiger partial charge in [0.15, 0.2) is 0 Å². The second kappa shape index (κ2) is 11.2. The summed E-state index contributed by atoms with van der Waals surface area (Å²) < 4.78 is 35.1. The van der Waals surface area contributed by atoms with E-state index in [1.807, 2.05) is 0 Å². The molecule has 40 heavy (non-hydrogen) atoms. The fraction of sp³-hybridized carbons (Fsp3) is 0.292. The monoisotopic (exact) mass is 559 g/mol. The first-order valence-corrected chi connectivity index (χ1v) is 12.1. The van der Waals surface area contributed by atoms with Crippen molar-refractivity contribution in [3.8, 4) is 5.75 Å². The zero-order valence-electron chi connectivity index (χ0n) is 21.0. The molecule has 0 bridgehead atoms. The van der Waals surface area contributed by atoms with E-state index < -0.39 is 66.0 Å². The van der Waals surface area contributed by atoms with Gasteiger partial charge in [-0.15, -0.1) is 0 Å². The van der Waals surface area contributed by atoms with Crippen molar-refractivity contribution in [2.45, 2.75) is 25.3 Å². The third-order valence-electron chi connectivity index (χ3n) is 6.53. The number of anilines is 1. The summed E-state index contributed by atoms with van der Waals surface area (Å²) >= 11 is 0. The molecule has 2 aliphatic rings. The lowest BCUT2D eigenvalue weighted by atomic mass is 9.72. The maximum absolute atomic E-state index is 14.9. The predicted molar refractivity (Wildman–Crippen MR) is 134 cm³/mol. The van der Waals surface area contributed by atoms with E-state index in [1.165, 1.54) is 23.1 Å². The molecule has 6 N–H and O–H groups in total. The molecule has 2 heterocycles. The summed E-state index contributed by atoms with van der Waals surface area (Å²) in [6.45, 7) is 1.64. The van der Waals surface area contributed by atoms with E-state index in [2.05, 4.69) is 10.6 Å². The number of benzene rings is 2. The number of amides is 5. The highest BCUT2D eigenvalue weighted by molar-refractivity contribution is 6.47. The van der Waals surface area contributed by atoms with Gasteiger partial charge in [0, 0.05) is 25.3 Å². The van der Waals surface area contributed by atoms with Gasteiger partial charge >= 0.3 is 30.9 Å². The highest BCUT2D eigenvalue weighted by Gasteiger charge is 2.42. The molecule has 2 atom stereocenters. The number of imide groups is 1. The third-order valence-corrected chi connectivity index (χ3v) is 6.53. The fourth-order valence-corrected chi connectivity index (χ4v) is 4.50. The van der Waals surface area contributed by atoms with E-state index in [0.29, 0.717) is 10.5 Å². The smallest absolute Gasteiger partial charge is 0.534 e. The number of halogens is 2. The second-order valence-electron chi connectivity index (χ2n) is 9.05. The first kappa shape index (κ1) is 28.3. The topological polar surface area (TPSA) is 192 Å². The molecular weight excluding hydrogens is 535 g/mol. The molecule has 0 aromatic heterocycles. The van der Waals surface area contributed by atoms with Crippen molar-refractivity contribution in [3.63, 3.8) is 0 Å². The van der Waals surface area contributed by atoms with E-state index in [0.717, 1.165) is 12.1 Å². The Labute approximate surface area is 226 Å². The van der Waals surface area contributed by atoms with Gasteiger partial charge in [-0.3, -0.25) is 19.3 Å². The number of carbonyl (C=O) groups excluding carboxylic acids is 4. The number of nitrogens with one attached hydrogen (secondary N) is 2. The normalized spacial score (nSPS) is 17.6. The van der Waals surface area contributed by atoms with Crippen molar-refractivity contribution >= 4 is 42.5 Å². The molecule has 0 aliphatic carbocycles. The number of urea groups is 1. The standard InChI is InChI=1S/C24H24BF2N5O8/c1-2-31-6-7-32(22(35)21(31)34)24(38)30-18(17-14(26)9-12(28)10-15(17)27)20(33)29-16-8-11-4-3-5-13(23(36)37)19(11)40-25(16)39/h3-5,9-10,16,18,39H,2,6-8,28H2,1H3,(H,29,33)(H,30,38)(H,36,37)/t16-,18?/m0/s1. The largest absolute Gasteiger partial charge is 0.547 e. The van der Waals surface area contributed by atoms with Crippen molar-refractivity contribution < 1.29 is 47.5 Å². The third kappa shape index (κ3) is 5.38. The van der Waals surface area contributed by atoms with Crippen LogP contribution < -0.4 is 21.0 Å². The minimum Gasteiger partial charge on any atom is -0.534 e. The number of nitrogens with zero attached hydrogens (tertiary/aromatic N) is 2. The Morgan fingerprint density at radius 2 is 1.85 bits per heavy atom. The number of hydrogen-bond donors (Lipinski definition) is 5. The zero-order chi connectivity index (χ0) is 29.3. The summed E-state index contributed by atoms with van der Waals surface area (Å²) in [5, 5.41) is 24.3. The first-order valence-electron chi connectivity index (χ1n) is 12.1. The van der Waals surface area contributed by atoms with Crippen LogP contribution in [0.3, 0.4) is 0 Å². The number of carboxylic acid groups (broad SMARTS) is 1. The summed E-state index contributed by atoms with van der Waals surface area (Å²) in [7, 11) is -1.77. The van der Waals surface area contributed by atoms with Gasteiger partial charge in [-0.05, 0) is 37.1 Å². The molecular formula is C24H24BF2N5O8. The summed E-state index contributed by atoms with van der Waals surface area (Å²) in [4.78, 5) is 64.3. The van der Waals surface area contributed by atoms with Crippen LogP contribution in [-0.2, 0) is 20.8 Å². The SMILES string of the molecule is CCN1CCN(C(=O)NC(C(=O)N[C@H]2Cc3cccc(C(=O)O)c3OB2O)c2c(F)cc(N)cc2F)C(=O)C1=O. The molecule has 4 rings (SSSR count). The Kier molecular flexibility index (Phi) is 7.90. The van der Waals surface area contributed by atoms with Crippen molar-refractivity contribution in [1.82, 2.24) is 20.4 Å². The molecule has 0 radical (unpaired) electrons. The summed E-state index contributed by atoms with van der Waals surface area (Å²) in [5.74, 6) is -8.58. The quantitative estimate of drug-likeness (QED) is 0.182. The van der Waals surface area contributed by atoms with Crippen LogP contribution in [0, 0.1) is 11.6 Å². The molecule has 0 saturated carbocycles. The Morgan fingerprint density at radius 3 is 2.48 bits per heavy atom.